The maximum absolute atomic E-state index is 12.9. The van der Waals surface area contributed by atoms with E-state index < -0.39 is 0 Å². The van der Waals surface area contributed by atoms with Crippen LogP contribution in [-0.2, 0) is 6.54 Å². The lowest BCUT2D eigenvalue weighted by atomic mass is 10.2. The van der Waals surface area contributed by atoms with Gasteiger partial charge in [0.25, 0.3) is 0 Å². The van der Waals surface area contributed by atoms with Crippen LogP contribution in [0.4, 0.5) is 10.1 Å². The molecular weight excluding hydrogens is 217 g/mol. The zero-order chi connectivity index (χ0) is 12.3. The zero-order valence-corrected chi connectivity index (χ0v) is 9.87. The van der Waals surface area contributed by atoms with Gasteiger partial charge < -0.3 is 5.32 Å². The molecule has 0 aliphatic heterocycles. The molecule has 0 unspecified atom stereocenters. The van der Waals surface area contributed by atoms with Gasteiger partial charge in [0, 0.05) is 11.9 Å². The van der Waals surface area contributed by atoms with Gasteiger partial charge in [0.2, 0.25) is 0 Å². The third-order valence-electron chi connectivity index (χ3n) is 2.48. The average Bonchev–Trinajstić information content (AvgIpc) is 2.28. The van der Waals surface area contributed by atoms with Crippen LogP contribution in [0.3, 0.4) is 0 Å². The first-order valence-electron chi connectivity index (χ1n) is 5.44. The van der Waals surface area contributed by atoms with Crippen LogP contribution in [0.25, 0.3) is 0 Å². The van der Waals surface area contributed by atoms with Crippen LogP contribution in [0.15, 0.2) is 30.5 Å². The number of nitrogens with zero attached hydrogens (tertiary/aromatic N) is 2. The Kier molecular flexibility index (Phi) is 3.32. The molecule has 0 bridgehead atoms. The fourth-order valence-corrected chi connectivity index (χ4v) is 1.61. The minimum atomic E-state index is -0.217. The number of nitrogens with one attached hydrogen (secondary N) is 1. The van der Waals surface area contributed by atoms with Crippen LogP contribution >= 0.6 is 0 Å². The molecule has 0 aliphatic rings. The summed E-state index contributed by atoms with van der Waals surface area (Å²) < 4.78 is 12.9. The fourth-order valence-electron chi connectivity index (χ4n) is 1.61. The minimum Gasteiger partial charge on any atom is -0.379 e. The highest BCUT2D eigenvalue weighted by molar-refractivity contribution is 5.50. The van der Waals surface area contributed by atoms with E-state index in [0.29, 0.717) is 6.54 Å². The van der Waals surface area contributed by atoms with Gasteiger partial charge >= 0.3 is 0 Å². The number of benzene rings is 1. The maximum Gasteiger partial charge on any atom is 0.125 e. The van der Waals surface area contributed by atoms with E-state index in [0.717, 1.165) is 22.8 Å². The predicted molar refractivity (Wildman–Crippen MR) is 65.2 cm³/mol. The lowest BCUT2D eigenvalue weighted by Crippen LogP contribution is -2.04. The molecule has 0 atom stereocenters. The van der Waals surface area contributed by atoms with Crippen molar-refractivity contribution in [2.75, 3.05) is 5.32 Å². The van der Waals surface area contributed by atoms with Gasteiger partial charge in [0.15, 0.2) is 0 Å². The molecule has 1 aromatic heterocycles. The molecule has 0 radical (unpaired) electrons. The summed E-state index contributed by atoms with van der Waals surface area (Å²) in [6.45, 7) is 4.33. The Labute approximate surface area is 99.7 Å². The molecule has 17 heavy (non-hydrogen) atoms. The highest BCUT2D eigenvalue weighted by Gasteiger charge is 2.00. The third-order valence-corrected chi connectivity index (χ3v) is 2.48. The number of aromatic nitrogens is 2. The van der Waals surface area contributed by atoms with Gasteiger partial charge in [-0.1, -0.05) is 0 Å². The van der Waals surface area contributed by atoms with Crippen molar-refractivity contribution >= 4 is 5.69 Å². The quantitative estimate of drug-likeness (QED) is 0.882. The van der Waals surface area contributed by atoms with Gasteiger partial charge in [-0.2, -0.15) is 0 Å². The van der Waals surface area contributed by atoms with Gasteiger partial charge in [-0.05, 0) is 43.7 Å². The van der Waals surface area contributed by atoms with Crippen LogP contribution in [0.5, 0.6) is 0 Å². The summed E-state index contributed by atoms with van der Waals surface area (Å²) in [5.74, 6) is 0.533. The van der Waals surface area contributed by atoms with E-state index >= 15 is 0 Å². The summed E-state index contributed by atoms with van der Waals surface area (Å²) in [6, 6.07) is 6.55. The van der Waals surface area contributed by atoms with E-state index in [-0.39, 0.29) is 5.82 Å². The van der Waals surface area contributed by atoms with Crippen LogP contribution in [0, 0.1) is 19.7 Å². The molecule has 1 N–H and O–H groups in total. The van der Waals surface area contributed by atoms with Crippen molar-refractivity contribution in [3.8, 4) is 0 Å². The summed E-state index contributed by atoms with van der Waals surface area (Å²) in [5.41, 5.74) is 2.72. The van der Waals surface area contributed by atoms with Gasteiger partial charge in [-0.3, -0.25) is 0 Å². The van der Waals surface area contributed by atoms with Crippen molar-refractivity contribution in [2.24, 2.45) is 0 Å². The molecule has 0 fully saturated rings. The molecule has 1 aromatic carbocycles. The highest BCUT2D eigenvalue weighted by Crippen LogP contribution is 2.16. The van der Waals surface area contributed by atoms with E-state index in [1.54, 1.807) is 12.3 Å². The molecule has 1 heterocycles. The van der Waals surface area contributed by atoms with Gasteiger partial charge in [0.1, 0.15) is 11.6 Å². The Morgan fingerprint density at radius 3 is 2.76 bits per heavy atom. The number of aryl methyl sites for hydroxylation is 2. The lowest BCUT2D eigenvalue weighted by molar-refractivity contribution is 0.627. The number of halogens is 1. The fraction of sp³-hybridized carbons (Fsp3) is 0.231. The minimum absolute atomic E-state index is 0.217. The Hall–Kier alpha value is -1.97. The molecule has 0 amide bonds. The molecule has 2 rings (SSSR count). The van der Waals surface area contributed by atoms with Crippen LogP contribution in [0.1, 0.15) is 17.1 Å². The van der Waals surface area contributed by atoms with E-state index in [2.05, 4.69) is 15.3 Å². The molecule has 0 saturated carbocycles. The second-order valence-electron chi connectivity index (χ2n) is 3.91. The standard InChI is InChI=1S/C13H14FN3/c1-9-7-11(14)3-4-13(9)16-8-12-5-6-15-10(2)17-12/h3-7,16H,8H2,1-2H3. The van der Waals surface area contributed by atoms with Crippen molar-refractivity contribution in [3.05, 3.63) is 53.4 Å². The summed E-state index contributed by atoms with van der Waals surface area (Å²) in [5, 5.41) is 3.23. The smallest absolute Gasteiger partial charge is 0.125 e. The molecular formula is C13H14FN3. The summed E-state index contributed by atoms with van der Waals surface area (Å²) in [7, 11) is 0. The number of hydrogen-bond acceptors (Lipinski definition) is 3. The van der Waals surface area contributed by atoms with Crippen molar-refractivity contribution in [3.63, 3.8) is 0 Å². The molecule has 0 spiro atoms. The Morgan fingerprint density at radius 1 is 1.24 bits per heavy atom. The summed E-state index contributed by atoms with van der Waals surface area (Å²) in [4.78, 5) is 8.32. The summed E-state index contributed by atoms with van der Waals surface area (Å²) in [6.07, 6.45) is 1.73. The second-order valence-corrected chi connectivity index (χ2v) is 3.91. The second kappa shape index (κ2) is 4.91. The van der Waals surface area contributed by atoms with Gasteiger partial charge in [0.05, 0.1) is 12.2 Å². The third kappa shape index (κ3) is 3.00. The number of hydrogen-bond donors (Lipinski definition) is 1. The first kappa shape index (κ1) is 11.5. The molecule has 4 heteroatoms. The normalized spacial score (nSPS) is 10.3. The molecule has 88 valence electrons. The van der Waals surface area contributed by atoms with Crippen molar-refractivity contribution in [2.45, 2.75) is 20.4 Å². The maximum atomic E-state index is 12.9. The van der Waals surface area contributed by atoms with Crippen molar-refractivity contribution in [1.82, 2.24) is 9.97 Å². The number of anilines is 1. The largest absolute Gasteiger partial charge is 0.379 e. The molecule has 3 nitrogen and oxygen atoms in total. The summed E-state index contributed by atoms with van der Waals surface area (Å²) >= 11 is 0. The average molecular weight is 231 g/mol. The Balaban J connectivity index is 2.07. The molecule has 0 saturated heterocycles. The van der Waals surface area contributed by atoms with Crippen molar-refractivity contribution < 1.29 is 4.39 Å². The zero-order valence-electron chi connectivity index (χ0n) is 9.87. The number of rotatable bonds is 3. The lowest BCUT2D eigenvalue weighted by Gasteiger charge is -2.09. The van der Waals surface area contributed by atoms with E-state index in [1.807, 2.05) is 19.9 Å². The first-order valence-corrected chi connectivity index (χ1v) is 5.44. The SMILES string of the molecule is Cc1nccc(CNc2ccc(F)cc2C)n1. The van der Waals surface area contributed by atoms with Gasteiger partial charge in [-0.25, -0.2) is 14.4 Å². The Bertz CT molecular complexity index is 526. The van der Waals surface area contributed by atoms with Crippen LogP contribution in [-0.4, -0.2) is 9.97 Å². The van der Waals surface area contributed by atoms with E-state index in [4.69, 9.17) is 0 Å². The van der Waals surface area contributed by atoms with E-state index in [9.17, 15) is 4.39 Å². The first-order chi connectivity index (χ1) is 8.15. The monoisotopic (exact) mass is 231 g/mol. The topological polar surface area (TPSA) is 37.8 Å². The van der Waals surface area contributed by atoms with E-state index in [1.165, 1.54) is 12.1 Å². The van der Waals surface area contributed by atoms with Crippen LogP contribution < -0.4 is 5.32 Å². The Morgan fingerprint density at radius 2 is 2.06 bits per heavy atom. The highest BCUT2D eigenvalue weighted by atomic mass is 19.1. The van der Waals surface area contributed by atoms with Crippen molar-refractivity contribution in [1.29, 1.82) is 0 Å². The predicted octanol–water partition coefficient (Wildman–Crippen LogP) is 2.84. The molecule has 0 aliphatic carbocycles. The van der Waals surface area contributed by atoms with Crippen LogP contribution in [0.2, 0.25) is 0 Å². The van der Waals surface area contributed by atoms with Gasteiger partial charge in [-0.15, -0.1) is 0 Å². The molecule has 2 aromatic rings.